The zero-order chi connectivity index (χ0) is 20.4. The van der Waals surface area contributed by atoms with E-state index in [1.54, 1.807) is 13.0 Å². The summed E-state index contributed by atoms with van der Waals surface area (Å²) in [7, 11) is 0. The quantitative estimate of drug-likeness (QED) is 0.607. The molecule has 27 heavy (non-hydrogen) atoms. The molecule has 3 N–H and O–H groups in total. The van der Waals surface area contributed by atoms with Crippen molar-refractivity contribution in [3.8, 4) is 0 Å². The van der Waals surface area contributed by atoms with Crippen molar-refractivity contribution in [3.63, 3.8) is 0 Å². The number of nitrogens with zero attached hydrogens (tertiary/aromatic N) is 2. The highest BCUT2D eigenvalue weighted by Crippen LogP contribution is 2.21. The van der Waals surface area contributed by atoms with E-state index in [-0.39, 0.29) is 0 Å². The van der Waals surface area contributed by atoms with Crippen LogP contribution in [0.25, 0.3) is 0 Å². The number of rotatable bonds is 6. The number of thioether (sulfide) groups is 1. The van der Waals surface area contributed by atoms with Gasteiger partial charge in [0, 0.05) is 17.9 Å². The van der Waals surface area contributed by atoms with Gasteiger partial charge in [-0.05, 0) is 25.0 Å². The van der Waals surface area contributed by atoms with Crippen LogP contribution in [0.1, 0.15) is 26.2 Å². The molecule has 2 heterocycles. The number of hydrogen-bond acceptors (Lipinski definition) is 6. The number of halogens is 5. The van der Waals surface area contributed by atoms with Gasteiger partial charge in [-0.1, -0.05) is 6.92 Å². The van der Waals surface area contributed by atoms with Crippen molar-refractivity contribution >= 4 is 29.4 Å². The normalized spacial score (nSPS) is 18.3. The Kier molecular flexibility index (Phi) is 9.53. The Morgan fingerprint density at radius 2 is 2.00 bits per heavy atom. The van der Waals surface area contributed by atoms with Gasteiger partial charge in [0.15, 0.2) is 0 Å². The standard InChI is InChI=1S/C13H20F2N4S.C2HF3O2/c1-2-10(13(14)15)19-12-6-11(16-8-17-12)18-9-4-3-5-20-7-9;3-2(4,5)1(6)7/h6,8-10,13H,2-5,7H2,1H3,(H2,16,17,18,19);(H,6,7)/t9?,10-;/m0./s1. The van der Waals surface area contributed by atoms with Crippen LogP contribution >= 0.6 is 11.8 Å². The van der Waals surface area contributed by atoms with Gasteiger partial charge in [0.05, 0.1) is 6.04 Å². The Bertz CT molecular complexity index is 586. The molecule has 12 heteroatoms. The summed E-state index contributed by atoms with van der Waals surface area (Å²) in [5, 5.41) is 13.2. The molecule has 1 saturated heterocycles. The molecule has 2 rings (SSSR count). The maximum absolute atomic E-state index is 12.7. The predicted molar refractivity (Wildman–Crippen MR) is 93.4 cm³/mol. The van der Waals surface area contributed by atoms with Crippen LogP contribution in [0.5, 0.6) is 0 Å². The minimum absolute atomic E-state index is 0.351. The molecule has 1 unspecified atom stereocenters. The molecule has 2 atom stereocenters. The smallest absolute Gasteiger partial charge is 0.475 e. The highest BCUT2D eigenvalue weighted by Gasteiger charge is 2.38. The molecule has 0 bridgehead atoms. The van der Waals surface area contributed by atoms with Crippen LogP contribution in [0.15, 0.2) is 12.4 Å². The van der Waals surface area contributed by atoms with Crippen LogP contribution in [-0.2, 0) is 4.79 Å². The summed E-state index contributed by atoms with van der Waals surface area (Å²) in [5.41, 5.74) is 0. The average Bonchev–Trinajstić information content (AvgIpc) is 2.60. The molecule has 0 radical (unpaired) electrons. The van der Waals surface area contributed by atoms with E-state index in [4.69, 9.17) is 9.90 Å². The van der Waals surface area contributed by atoms with Crippen LogP contribution in [-0.4, -0.2) is 57.2 Å². The number of aliphatic carboxylic acids is 1. The fourth-order valence-corrected chi connectivity index (χ4v) is 3.18. The van der Waals surface area contributed by atoms with E-state index in [0.29, 0.717) is 24.1 Å². The molecule has 1 aliphatic heterocycles. The van der Waals surface area contributed by atoms with Crippen molar-refractivity contribution in [1.29, 1.82) is 0 Å². The molecule has 0 spiro atoms. The van der Waals surface area contributed by atoms with Crippen LogP contribution in [0.4, 0.5) is 33.6 Å². The lowest BCUT2D eigenvalue weighted by atomic mass is 10.2. The lowest BCUT2D eigenvalue weighted by Crippen LogP contribution is -2.28. The molecule has 6 nitrogen and oxygen atoms in total. The summed E-state index contributed by atoms with van der Waals surface area (Å²) >= 11 is 1.92. The molecule has 1 aliphatic rings. The van der Waals surface area contributed by atoms with Crippen molar-refractivity contribution < 1.29 is 31.9 Å². The summed E-state index contributed by atoms with van der Waals surface area (Å²) in [6.45, 7) is 1.73. The van der Waals surface area contributed by atoms with Gasteiger partial charge in [-0.3, -0.25) is 0 Å². The molecule has 1 aromatic rings. The lowest BCUT2D eigenvalue weighted by molar-refractivity contribution is -0.192. The van der Waals surface area contributed by atoms with Crippen molar-refractivity contribution in [2.75, 3.05) is 22.1 Å². The summed E-state index contributed by atoms with van der Waals surface area (Å²) in [6.07, 6.45) is -3.42. The first-order valence-corrected chi connectivity index (χ1v) is 9.30. The second kappa shape index (κ2) is 11.1. The third kappa shape index (κ3) is 9.07. The van der Waals surface area contributed by atoms with E-state index in [9.17, 15) is 22.0 Å². The van der Waals surface area contributed by atoms with Gasteiger partial charge in [-0.2, -0.15) is 24.9 Å². The van der Waals surface area contributed by atoms with Crippen molar-refractivity contribution in [2.24, 2.45) is 0 Å². The SMILES string of the molecule is CC[C@H](Nc1cc(NC2CCCSC2)ncn1)C(F)F.O=C(O)C(F)(F)F. The predicted octanol–water partition coefficient (Wildman–Crippen LogP) is 3.87. The maximum Gasteiger partial charge on any atom is 0.490 e. The second-order valence-electron chi connectivity index (χ2n) is 5.64. The molecule has 1 fully saturated rings. The van der Waals surface area contributed by atoms with E-state index in [0.717, 1.165) is 12.2 Å². The van der Waals surface area contributed by atoms with Gasteiger partial charge in [0.1, 0.15) is 18.0 Å². The Morgan fingerprint density at radius 3 is 2.48 bits per heavy atom. The number of nitrogens with one attached hydrogen (secondary N) is 2. The van der Waals surface area contributed by atoms with E-state index in [2.05, 4.69) is 20.6 Å². The van der Waals surface area contributed by atoms with Crippen LogP contribution in [0.3, 0.4) is 0 Å². The molecule has 0 saturated carbocycles. The van der Waals surface area contributed by atoms with Crippen LogP contribution < -0.4 is 10.6 Å². The Labute approximate surface area is 157 Å². The van der Waals surface area contributed by atoms with Gasteiger partial charge < -0.3 is 15.7 Å². The largest absolute Gasteiger partial charge is 0.490 e. The van der Waals surface area contributed by atoms with Crippen molar-refractivity contribution in [2.45, 2.75) is 50.9 Å². The topological polar surface area (TPSA) is 87.1 Å². The Hall–Kier alpha value is -1.85. The average molecular weight is 416 g/mol. The second-order valence-corrected chi connectivity index (χ2v) is 6.79. The summed E-state index contributed by atoms with van der Waals surface area (Å²) in [6, 6.07) is 1.22. The zero-order valence-electron chi connectivity index (χ0n) is 14.5. The highest BCUT2D eigenvalue weighted by molar-refractivity contribution is 7.99. The molecular formula is C15H21F5N4O2S. The zero-order valence-corrected chi connectivity index (χ0v) is 15.3. The minimum atomic E-state index is -5.08. The minimum Gasteiger partial charge on any atom is -0.475 e. The van der Waals surface area contributed by atoms with Gasteiger partial charge >= 0.3 is 12.1 Å². The number of carboxylic acids is 1. The first kappa shape index (κ1) is 23.2. The van der Waals surface area contributed by atoms with E-state index < -0.39 is 24.6 Å². The highest BCUT2D eigenvalue weighted by atomic mass is 32.2. The van der Waals surface area contributed by atoms with E-state index in [1.807, 2.05) is 11.8 Å². The van der Waals surface area contributed by atoms with Crippen LogP contribution in [0, 0.1) is 0 Å². The number of alkyl halides is 5. The fourth-order valence-electron chi connectivity index (χ4n) is 2.11. The number of anilines is 2. The molecule has 154 valence electrons. The third-order valence-electron chi connectivity index (χ3n) is 3.50. The molecule has 0 aliphatic carbocycles. The summed E-state index contributed by atoms with van der Waals surface area (Å²) < 4.78 is 57.2. The third-order valence-corrected chi connectivity index (χ3v) is 4.71. The van der Waals surface area contributed by atoms with Crippen molar-refractivity contribution in [3.05, 3.63) is 12.4 Å². The Morgan fingerprint density at radius 1 is 1.37 bits per heavy atom. The monoisotopic (exact) mass is 416 g/mol. The first-order valence-electron chi connectivity index (χ1n) is 8.14. The summed E-state index contributed by atoms with van der Waals surface area (Å²) in [4.78, 5) is 17.1. The Balaban J connectivity index is 0.000000445. The van der Waals surface area contributed by atoms with Gasteiger partial charge in [0.2, 0.25) is 0 Å². The van der Waals surface area contributed by atoms with Gasteiger partial charge in [0.25, 0.3) is 6.43 Å². The maximum atomic E-state index is 12.7. The van der Waals surface area contributed by atoms with Crippen molar-refractivity contribution in [1.82, 2.24) is 9.97 Å². The molecule has 0 amide bonds. The van der Waals surface area contributed by atoms with Gasteiger partial charge in [-0.25, -0.2) is 23.5 Å². The number of carboxylic acid groups (broad SMARTS) is 1. The van der Waals surface area contributed by atoms with E-state index in [1.165, 1.54) is 18.5 Å². The first-order chi connectivity index (χ1) is 12.6. The van der Waals surface area contributed by atoms with Crippen LogP contribution in [0.2, 0.25) is 0 Å². The van der Waals surface area contributed by atoms with E-state index >= 15 is 0 Å². The molecular weight excluding hydrogens is 395 g/mol. The lowest BCUT2D eigenvalue weighted by Gasteiger charge is -2.23. The summed E-state index contributed by atoms with van der Waals surface area (Å²) in [5.74, 6) is 0.646. The molecule has 1 aromatic heterocycles. The van der Waals surface area contributed by atoms with Gasteiger partial charge in [-0.15, -0.1) is 0 Å². The fraction of sp³-hybridized carbons (Fsp3) is 0.667. The molecule has 0 aromatic carbocycles. The number of hydrogen-bond donors (Lipinski definition) is 3. The number of aromatic nitrogens is 2. The number of carbonyl (C=O) groups is 1.